The molecule has 0 bridgehead atoms. The minimum Gasteiger partial charge on any atom is -0.345 e. The molecule has 4 rings (SSSR count). The van der Waals surface area contributed by atoms with Crippen LogP contribution in [0, 0.1) is 0 Å². The van der Waals surface area contributed by atoms with Gasteiger partial charge in [-0.25, -0.2) is 8.42 Å². The number of benzene rings is 2. The van der Waals surface area contributed by atoms with Gasteiger partial charge < -0.3 is 10.2 Å². The van der Waals surface area contributed by atoms with E-state index in [-0.39, 0.29) is 16.7 Å². The van der Waals surface area contributed by atoms with E-state index in [0.717, 1.165) is 30.0 Å². The molecule has 8 nitrogen and oxygen atoms in total. The number of thiophene rings is 1. The zero-order valence-electron chi connectivity index (χ0n) is 22.2. The number of hydrogen-bond acceptors (Lipinski definition) is 6. The average Bonchev–Trinajstić information content (AvgIpc) is 3.26. The highest BCUT2D eigenvalue weighted by Crippen LogP contribution is 2.38. The van der Waals surface area contributed by atoms with Gasteiger partial charge in [0.05, 0.1) is 10.5 Å². The molecule has 0 saturated heterocycles. The van der Waals surface area contributed by atoms with Gasteiger partial charge in [-0.05, 0) is 41.8 Å². The summed E-state index contributed by atoms with van der Waals surface area (Å²) in [5.74, 6) is -0.528. The molecule has 0 aliphatic carbocycles. The summed E-state index contributed by atoms with van der Waals surface area (Å²) >= 11 is 1.44. The molecular weight excluding hydrogens is 520 g/mol. The second-order valence-corrected chi connectivity index (χ2v) is 12.5. The van der Waals surface area contributed by atoms with Crippen LogP contribution >= 0.6 is 11.3 Å². The Kier molecular flexibility index (Phi) is 8.67. The number of carbonyl (C=O) groups excluding carboxylic acids is 2. The van der Waals surface area contributed by atoms with Crippen LogP contribution in [0.1, 0.15) is 50.6 Å². The Hall–Kier alpha value is -3.05. The number of amides is 2. The fraction of sp³-hybridized carbons (Fsp3) is 0.357. The van der Waals surface area contributed by atoms with E-state index >= 15 is 0 Å². The minimum atomic E-state index is -3.61. The standard InChI is InChI=1S/C28H34N4O4S2/c1-5-32(6-2)38(35,36)22-14-12-21(13-15-22)26(33)29-27-25(28(34)30(3)4)23-16-17-31(19-24(23)37-27)18-20-10-8-7-9-11-20/h7-15H,5-6,16-19H2,1-4H3,(H,29,33). The monoisotopic (exact) mass is 554 g/mol. The molecule has 0 atom stereocenters. The van der Waals surface area contributed by atoms with Crippen molar-refractivity contribution in [1.29, 1.82) is 0 Å². The third-order valence-electron chi connectivity index (χ3n) is 6.69. The Labute approximate surface area is 228 Å². The lowest BCUT2D eigenvalue weighted by Crippen LogP contribution is -2.31. The summed E-state index contributed by atoms with van der Waals surface area (Å²) in [5.41, 5.74) is 3.10. The first-order valence-electron chi connectivity index (χ1n) is 12.7. The number of anilines is 1. The molecule has 38 heavy (non-hydrogen) atoms. The normalized spacial score (nSPS) is 13.8. The summed E-state index contributed by atoms with van der Waals surface area (Å²) in [6.45, 7) is 6.66. The van der Waals surface area contributed by atoms with Crippen LogP contribution in [0.4, 0.5) is 5.00 Å². The molecule has 2 aromatic carbocycles. The fourth-order valence-electron chi connectivity index (χ4n) is 4.64. The zero-order valence-corrected chi connectivity index (χ0v) is 23.9. The van der Waals surface area contributed by atoms with E-state index in [9.17, 15) is 18.0 Å². The van der Waals surface area contributed by atoms with E-state index in [4.69, 9.17) is 0 Å². The summed E-state index contributed by atoms with van der Waals surface area (Å²) in [7, 11) is -0.199. The largest absolute Gasteiger partial charge is 0.345 e. The molecule has 2 heterocycles. The van der Waals surface area contributed by atoms with Gasteiger partial charge in [-0.3, -0.25) is 14.5 Å². The van der Waals surface area contributed by atoms with E-state index in [1.165, 1.54) is 50.4 Å². The van der Waals surface area contributed by atoms with Crippen molar-refractivity contribution in [2.24, 2.45) is 0 Å². The quantitative estimate of drug-likeness (QED) is 0.426. The highest BCUT2D eigenvalue weighted by molar-refractivity contribution is 7.89. The molecule has 2 amide bonds. The Morgan fingerprint density at radius 2 is 1.66 bits per heavy atom. The van der Waals surface area contributed by atoms with Crippen molar-refractivity contribution in [3.63, 3.8) is 0 Å². The molecule has 0 spiro atoms. The van der Waals surface area contributed by atoms with Crippen LogP contribution in [0.3, 0.4) is 0 Å². The van der Waals surface area contributed by atoms with Crippen molar-refractivity contribution in [2.75, 3.05) is 39.0 Å². The predicted molar refractivity (Wildman–Crippen MR) is 151 cm³/mol. The molecule has 1 aromatic heterocycles. The third-order valence-corrected chi connectivity index (χ3v) is 9.89. The number of nitrogens with zero attached hydrogens (tertiary/aromatic N) is 3. The second-order valence-electron chi connectivity index (χ2n) is 9.42. The Morgan fingerprint density at radius 3 is 2.26 bits per heavy atom. The molecule has 1 aliphatic heterocycles. The number of carbonyl (C=O) groups is 2. The Morgan fingerprint density at radius 1 is 1.00 bits per heavy atom. The first kappa shape index (κ1) is 28.0. The van der Waals surface area contributed by atoms with Crippen LogP contribution < -0.4 is 5.32 Å². The van der Waals surface area contributed by atoms with Crippen molar-refractivity contribution in [3.05, 3.63) is 81.7 Å². The van der Waals surface area contributed by atoms with Crippen molar-refractivity contribution < 1.29 is 18.0 Å². The number of rotatable bonds is 9. The van der Waals surface area contributed by atoms with E-state index < -0.39 is 10.0 Å². The number of sulfonamides is 1. The van der Waals surface area contributed by atoms with Crippen LogP contribution in [0.5, 0.6) is 0 Å². The number of fused-ring (bicyclic) bond motifs is 1. The smallest absolute Gasteiger partial charge is 0.256 e. The van der Waals surface area contributed by atoms with Gasteiger partial charge >= 0.3 is 0 Å². The van der Waals surface area contributed by atoms with Crippen LogP contribution in [0.25, 0.3) is 0 Å². The molecule has 3 aromatic rings. The SMILES string of the molecule is CCN(CC)S(=O)(=O)c1ccc(C(=O)Nc2sc3c(c2C(=O)N(C)C)CCN(Cc2ccccc2)C3)cc1. The molecule has 0 radical (unpaired) electrons. The van der Waals surface area contributed by atoms with Gasteiger partial charge in [0, 0.05) is 57.3 Å². The molecular formula is C28H34N4O4S2. The van der Waals surface area contributed by atoms with Crippen LogP contribution in [-0.2, 0) is 29.5 Å². The van der Waals surface area contributed by atoms with Crippen molar-refractivity contribution in [2.45, 2.75) is 38.3 Å². The molecule has 1 N–H and O–H groups in total. The first-order chi connectivity index (χ1) is 18.1. The molecule has 202 valence electrons. The Bertz CT molecular complexity index is 1400. The highest BCUT2D eigenvalue weighted by Gasteiger charge is 2.30. The van der Waals surface area contributed by atoms with Gasteiger partial charge in [0.1, 0.15) is 5.00 Å². The Balaban J connectivity index is 1.57. The van der Waals surface area contributed by atoms with Crippen LogP contribution in [0.2, 0.25) is 0 Å². The summed E-state index contributed by atoms with van der Waals surface area (Å²) < 4.78 is 26.9. The first-order valence-corrected chi connectivity index (χ1v) is 14.9. The lowest BCUT2D eigenvalue weighted by atomic mass is 10.0. The summed E-state index contributed by atoms with van der Waals surface area (Å²) in [6, 6.07) is 16.2. The lowest BCUT2D eigenvalue weighted by molar-refractivity contribution is 0.0827. The lowest BCUT2D eigenvalue weighted by Gasteiger charge is -2.27. The summed E-state index contributed by atoms with van der Waals surface area (Å²) in [6.07, 6.45) is 0.724. The van der Waals surface area contributed by atoms with Gasteiger partial charge in [0.15, 0.2) is 0 Å². The second kappa shape index (κ2) is 11.8. The van der Waals surface area contributed by atoms with E-state index in [0.29, 0.717) is 35.8 Å². The molecule has 10 heteroatoms. The van der Waals surface area contributed by atoms with Crippen molar-refractivity contribution >= 4 is 38.2 Å². The van der Waals surface area contributed by atoms with E-state index in [1.807, 2.05) is 18.2 Å². The van der Waals surface area contributed by atoms with E-state index in [2.05, 4.69) is 22.3 Å². The van der Waals surface area contributed by atoms with Gasteiger partial charge in [0.2, 0.25) is 10.0 Å². The van der Waals surface area contributed by atoms with Gasteiger partial charge in [0.25, 0.3) is 11.8 Å². The van der Waals surface area contributed by atoms with Crippen molar-refractivity contribution in [3.8, 4) is 0 Å². The summed E-state index contributed by atoms with van der Waals surface area (Å²) in [4.78, 5) is 31.4. The molecule has 0 saturated carbocycles. The fourth-order valence-corrected chi connectivity index (χ4v) is 7.37. The van der Waals surface area contributed by atoms with Gasteiger partial charge in [-0.1, -0.05) is 44.2 Å². The van der Waals surface area contributed by atoms with Gasteiger partial charge in [-0.15, -0.1) is 11.3 Å². The summed E-state index contributed by atoms with van der Waals surface area (Å²) in [5, 5.41) is 3.47. The average molecular weight is 555 g/mol. The highest BCUT2D eigenvalue weighted by atomic mass is 32.2. The van der Waals surface area contributed by atoms with Crippen LogP contribution in [0.15, 0.2) is 59.5 Å². The third kappa shape index (κ3) is 5.83. The predicted octanol–water partition coefficient (Wildman–Crippen LogP) is 4.29. The molecule has 0 unspecified atom stereocenters. The van der Waals surface area contributed by atoms with Gasteiger partial charge in [-0.2, -0.15) is 4.31 Å². The topological polar surface area (TPSA) is 90.0 Å². The number of hydrogen-bond donors (Lipinski definition) is 1. The molecule has 1 aliphatic rings. The van der Waals surface area contributed by atoms with E-state index in [1.54, 1.807) is 27.9 Å². The number of nitrogens with one attached hydrogen (secondary N) is 1. The maximum Gasteiger partial charge on any atom is 0.256 e. The van der Waals surface area contributed by atoms with Crippen molar-refractivity contribution in [1.82, 2.24) is 14.1 Å². The zero-order chi connectivity index (χ0) is 27.4. The maximum atomic E-state index is 13.2. The van der Waals surface area contributed by atoms with Crippen LogP contribution in [-0.4, -0.2) is 68.1 Å². The maximum absolute atomic E-state index is 13.2. The molecule has 0 fully saturated rings. The minimum absolute atomic E-state index is 0.144.